The van der Waals surface area contributed by atoms with E-state index < -0.39 is 0 Å². The average Bonchev–Trinajstić information content (AvgIpc) is 2.22. The van der Waals surface area contributed by atoms with Crippen molar-refractivity contribution in [1.82, 2.24) is 4.98 Å². The first-order chi connectivity index (χ1) is 6.75. The van der Waals surface area contributed by atoms with Crippen LogP contribution in [0, 0.1) is 6.92 Å². The summed E-state index contributed by atoms with van der Waals surface area (Å²) in [5.74, 6) is -0.303. The van der Waals surface area contributed by atoms with Crippen LogP contribution in [0.5, 0.6) is 0 Å². The summed E-state index contributed by atoms with van der Waals surface area (Å²) in [5.41, 5.74) is 1.25. The smallest absolute Gasteiger partial charge is 0.339 e. The molecule has 78 valence electrons. The number of hydrogen-bond donors (Lipinski definition) is 0. The Morgan fingerprint density at radius 3 is 2.64 bits per heavy atom. The predicted molar refractivity (Wildman–Crippen MR) is 56.3 cm³/mol. The van der Waals surface area contributed by atoms with Gasteiger partial charge in [0.15, 0.2) is 0 Å². The highest BCUT2D eigenvalue weighted by molar-refractivity contribution is 5.90. The first kappa shape index (κ1) is 12.6. The summed E-state index contributed by atoms with van der Waals surface area (Å²) < 4.78 is 4.83. The zero-order chi connectivity index (χ0) is 11.0. The molecule has 3 nitrogen and oxygen atoms in total. The van der Waals surface area contributed by atoms with Crippen molar-refractivity contribution in [2.75, 3.05) is 6.61 Å². The first-order valence-electron chi connectivity index (χ1n) is 4.84. The highest BCUT2D eigenvalue weighted by Gasteiger charge is 2.08. The molecule has 1 aromatic rings. The molecular formula is C11H17NO2. The Kier molecular flexibility index (Phi) is 6.37. The molecule has 1 aromatic heterocycles. The average molecular weight is 195 g/mol. The van der Waals surface area contributed by atoms with E-state index in [2.05, 4.69) is 4.98 Å². The van der Waals surface area contributed by atoms with Gasteiger partial charge in [-0.15, -0.1) is 0 Å². The van der Waals surface area contributed by atoms with Gasteiger partial charge >= 0.3 is 5.97 Å². The number of carbonyl (C=O) groups excluding carboxylic acids is 1. The summed E-state index contributed by atoms with van der Waals surface area (Å²) in [4.78, 5) is 15.2. The largest absolute Gasteiger partial charge is 0.462 e. The fraction of sp³-hybridized carbons (Fsp3) is 0.455. The molecule has 0 spiro atoms. The summed E-state index contributed by atoms with van der Waals surface area (Å²) in [5, 5.41) is 0. The quantitative estimate of drug-likeness (QED) is 0.681. The van der Waals surface area contributed by atoms with E-state index >= 15 is 0 Å². The summed E-state index contributed by atoms with van der Waals surface area (Å²) >= 11 is 0. The minimum Gasteiger partial charge on any atom is -0.462 e. The molecule has 0 amide bonds. The molecule has 0 unspecified atom stereocenters. The maximum Gasteiger partial charge on any atom is 0.339 e. The molecule has 0 saturated heterocycles. The number of ether oxygens (including phenoxy) is 1. The third-order valence-corrected chi connectivity index (χ3v) is 1.50. The van der Waals surface area contributed by atoms with Crippen LogP contribution in [0.3, 0.4) is 0 Å². The van der Waals surface area contributed by atoms with Gasteiger partial charge in [-0.2, -0.15) is 0 Å². The Hall–Kier alpha value is -1.38. The van der Waals surface area contributed by atoms with Crippen molar-refractivity contribution in [2.45, 2.75) is 27.7 Å². The van der Waals surface area contributed by atoms with Crippen LogP contribution in [-0.4, -0.2) is 17.6 Å². The monoisotopic (exact) mass is 195 g/mol. The van der Waals surface area contributed by atoms with Crippen molar-refractivity contribution in [3.8, 4) is 0 Å². The third-order valence-electron chi connectivity index (χ3n) is 1.50. The van der Waals surface area contributed by atoms with Crippen LogP contribution in [0.4, 0.5) is 0 Å². The van der Waals surface area contributed by atoms with Gasteiger partial charge in [0.2, 0.25) is 0 Å². The highest BCUT2D eigenvalue weighted by atomic mass is 16.5. The number of hydrogen-bond acceptors (Lipinski definition) is 3. The Morgan fingerprint density at radius 2 is 2.14 bits per heavy atom. The van der Waals surface area contributed by atoms with Crippen LogP contribution >= 0.6 is 0 Å². The van der Waals surface area contributed by atoms with E-state index in [-0.39, 0.29) is 5.97 Å². The fourth-order valence-electron chi connectivity index (χ4n) is 0.909. The lowest BCUT2D eigenvalue weighted by atomic mass is 10.2. The molecule has 3 heteroatoms. The van der Waals surface area contributed by atoms with Gasteiger partial charge in [-0.3, -0.25) is 4.98 Å². The molecule has 0 N–H and O–H groups in total. The van der Waals surface area contributed by atoms with E-state index in [9.17, 15) is 4.79 Å². The van der Waals surface area contributed by atoms with Crippen LogP contribution in [0.15, 0.2) is 18.3 Å². The number of esters is 1. The van der Waals surface area contributed by atoms with E-state index in [4.69, 9.17) is 4.74 Å². The lowest BCUT2D eigenvalue weighted by molar-refractivity contribution is 0.0525. The second kappa shape index (κ2) is 7.06. The van der Waals surface area contributed by atoms with Gasteiger partial charge in [-0.25, -0.2) is 4.79 Å². The van der Waals surface area contributed by atoms with Gasteiger partial charge in [0.05, 0.1) is 17.9 Å². The zero-order valence-corrected chi connectivity index (χ0v) is 9.20. The van der Waals surface area contributed by atoms with Gasteiger partial charge < -0.3 is 4.74 Å². The molecule has 0 atom stereocenters. The Balaban J connectivity index is 0.000000791. The molecule has 14 heavy (non-hydrogen) atoms. The summed E-state index contributed by atoms with van der Waals surface area (Å²) in [6, 6.07) is 3.43. The number of aryl methyl sites for hydroxylation is 1. The van der Waals surface area contributed by atoms with E-state index in [1.54, 1.807) is 32.2 Å². The van der Waals surface area contributed by atoms with Crippen molar-refractivity contribution < 1.29 is 9.53 Å². The van der Waals surface area contributed by atoms with E-state index in [0.717, 1.165) is 0 Å². The normalized spacial score (nSPS) is 8.57. The maximum absolute atomic E-state index is 11.2. The molecule has 0 aliphatic rings. The maximum atomic E-state index is 11.2. The van der Waals surface area contributed by atoms with Gasteiger partial charge in [0.25, 0.3) is 0 Å². The number of carbonyl (C=O) groups is 1. The highest BCUT2D eigenvalue weighted by Crippen LogP contribution is 2.04. The summed E-state index contributed by atoms with van der Waals surface area (Å²) in [6.07, 6.45) is 1.65. The topological polar surface area (TPSA) is 39.2 Å². The lowest BCUT2D eigenvalue weighted by Crippen LogP contribution is -2.07. The molecule has 0 radical (unpaired) electrons. The Bertz CT molecular complexity index is 284. The molecule has 0 aliphatic carbocycles. The second-order valence-electron chi connectivity index (χ2n) is 2.36. The molecule has 1 rings (SSSR count). The standard InChI is InChI=1S/C9H11NO2.C2H6/c1-3-12-9(11)8-5-4-6-10-7(8)2;1-2/h4-6H,3H2,1-2H3;1-2H3. The molecular weight excluding hydrogens is 178 g/mol. The van der Waals surface area contributed by atoms with E-state index in [1.165, 1.54) is 0 Å². The third kappa shape index (κ3) is 3.56. The Labute approximate surface area is 85.1 Å². The second-order valence-corrected chi connectivity index (χ2v) is 2.36. The molecule has 0 saturated carbocycles. The predicted octanol–water partition coefficient (Wildman–Crippen LogP) is 2.59. The van der Waals surface area contributed by atoms with Gasteiger partial charge in [-0.1, -0.05) is 13.8 Å². The van der Waals surface area contributed by atoms with Gasteiger partial charge in [0, 0.05) is 6.20 Å². The molecule has 0 bridgehead atoms. The van der Waals surface area contributed by atoms with Crippen LogP contribution in [0.2, 0.25) is 0 Å². The summed E-state index contributed by atoms with van der Waals surface area (Å²) in [7, 11) is 0. The van der Waals surface area contributed by atoms with Crippen LogP contribution in [-0.2, 0) is 4.74 Å². The van der Waals surface area contributed by atoms with E-state index in [0.29, 0.717) is 17.9 Å². The number of pyridine rings is 1. The van der Waals surface area contributed by atoms with Gasteiger partial charge in [-0.05, 0) is 26.0 Å². The number of nitrogens with zero attached hydrogens (tertiary/aromatic N) is 1. The van der Waals surface area contributed by atoms with E-state index in [1.807, 2.05) is 13.8 Å². The minimum atomic E-state index is -0.303. The van der Waals surface area contributed by atoms with Crippen molar-refractivity contribution >= 4 is 5.97 Å². The lowest BCUT2D eigenvalue weighted by Gasteiger charge is -2.02. The molecule has 0 aromatic carbocycles. The van der Waals surface area contributed by atoms with Crippen LogP contribution in [0.1, 0.15) is 36.8 Å². The van der Waals surface area contributed by atoms with Gasteiger partial charge in [0.1, 0.15) is 0 Å². The Morgan fingerprint density at radius 1 is 1.50 bits per heavy atom. The van der Waals surface area contributed by atoms with Crippen LogP contribution in [0.25, 0.3) is 0 Å². The van der Waals surface area contributed by atoms with Crippen molar-refractivity contribution in [2.24, 2.45) is 0 Å². The van der Waals surface area contributed by atoms with Crippen molar-refractivity contribution in [3.05, 3.63) is 29.6 Å². The zero-order valence-electron chi connectivity index (χ0n) is 9.20. The van der Waals surface area contributed by atoms with Crippen molar-refractivity contribution in [3.63, 3.8) is 0 Å². The molecule has 0 aliphatic heterocycles. The number of rotatable bonds is 2. The fourth-order valence-corrected chi connectivity index (χ4v) is 0.909. The molecule has 1 heterocycles. The van der Waals surface area contributed by atoms with Crippen molar-refractivity contribution in [1.29, 1.82) is 0 Å². The summed E-state index contributed by atoms with van der Waals surface area (Å²) in [6.45, 7) is 7.96. The SMILES string of the molecule is CC.CCOC(=O)c1cccnc1C. The minimum absolute atomic E-state index is 0.303. The number of aromatic nitrogens is 1. The first-order valence-corrected chi connectivity index (χ1v) is 4.84. The molecule has 0 fully saturated rings. The van der Waals surface area contributed by atoms with Crippen LogP contribution < -0.4 is 0 Å².